The van der Waals surface area contributed by atoms with Gasteiger partial charge in [0, 0.05) is 59.4 Å². The van der Waals surface area contributed by atoms with E-state index in [0.717, 1.165) is 14.7 Å². The van der Waals surface area contributed by atoms with Crippen molar-refractivity contribution in [3.63, 3.8) is 0 Å². The maximum atomic E-state index is 14.9. The second-order valence-electron chi connectivity index (χ2n) is 22.6. The van der Waals surface area contributed by atoms with Gasteiger partial charge in [0.25, 0.3) is 5.91 Å². The Balaban J connectivity index is 1.87. The maximum absolute atomic E-state index is 14.9. The van der Waals surface area contributed by atoms with E-state index in [-0.39, 0.29) is 51.6 Å². The fraction of sp³-hybridized carbons (Fsp3) is 0.684. The molecule has 450 valence electrons. The monoisotopic (exact) mass is 1140 g/mol. The fourth-order valence-electron chi connectivity index (χ4n) is 10.7. The van der Waals surface area contributed by atoms with Crippen LogP contribution in [0, 0.1) is 23.7 Å². The van der Waals surface area contributed by atoms with E-state index in [1.807, 2.05) is 0 Å². The van der Waals surface area contributed by atoms with Crippen LogP contribution in [0.1, 0.15) is 132 Å². The van der Waals surface area contributed by atoms with Gasteiger partial charge in [-0.25, -0.2) is 4.79 Å². The molecule has 3 heterocycles. The van der Waals surface area contributed by atoms with E-state index in [9.17, 15) is 62.6 Å². The number of fused-ring (bicyclic) bond motifs is 2. The zero-order valence-electron chi connectivity index (χ0n) is 49.1. The number of benzene rings is 1. The number of likely N-dealkylation sites (N-methyl/N-ethyl adjacent to an activating group) is 3. The summed E-state index contributed by atoms with van der Waals surface area (Å²) in [6.45, 7) is 13.2. The van der Waals surface area contributed by atoms with Crippen LogP contribution in [0.4, 0.5) is 0 Å². The van der Waals surface area contributed by atoms with Crippen molar-refractivity contribution in [3.8, 4) is 0 Å². The molecule has 24 nitrogen and oxygen atoms in total. The van der Waals surface area contributed by atoms with Crippen LogP contribution >= 0.6 is 0 Å². The number of nitrogens with one attached hydrogen (secondary N) is 4. The summed E-state index contributed by atoms with van der Waals surface area (Å²) in [6.07, 6.45) is -0.910. The molecule has 1 aromatic carbocycles. The SMILES string of the molecule is CCC(C)C1NC(=O)C(CCC(N)=O)N(C)C(=O)C(C(C)C)N(C)C(=O)CNC(=O)C2CCCN2C(=O)C(Cc2ccccc2)NC(=O)C(C(C)CC)OC(=O)C(CCC(=O)O)N(C)C(=O)C(C(C)C)NC(=O)C2CCCCN2C1=O. The first-order chi connectivity index (χ1) is 38.2. The minimum Gasteiger partial charge on any atom is -0.481 e. The van der Waals surface area contributed by atoms with E-state index in [2.05, 4.69) is 21.3 Å². The molecular weight excluding hydrogens is 1050 g/mol. The lowest BCUT2D eigenvalue weighted by Gasteiger charge is -2.40. The summed E-state index contributed by atoms with van der Waals surface area (Å²) in [4.78, 5) is 176. The number of rotatable bonds is 14. The van der Waals surface area contributed by atoms with Crippen molar-refractivity contribution in [2.45, 2.75) is 187 Å². The van der Waals surface area contributed by atoms with Gasteiger partial charge in [-0.05, 0) is 74.7 Å². The van der Waals surface area contributed by atoms with Crippen molar-refractivity contribution < 1.29 is 67.4 Å². The normalized spacial score (nSPS) is 27.0. The number of nitrogens with zero attached hydrogens (tertiary/aromatic N) is 5. The molecule has 81 heavy (non-hydrogen) atoms. The number of esters is 1. The number of carboxylic acids is 1. The lowest BCUT2D eigenvalue weighted by atomic mass is 9.93. The van der Waals surface area contributed by atoms with E-state index in [1.165, 1.54) is 30.9 Å². The van der Waals surface area contributed by atoms with Gasteiger partial charge >= 0.3 is 11.9 Å². The molecule has 11 atom stereocenters. The Morgan fingerprint density at radius 2 is 1.20 bits per heavy atom. The number of hydrogen-bond acceptors (Lipinski definition) is 13. The molecule has 0 saturated carbocycles. The number of ether oxygens (including phenoxy) is 1. The van der Waals surface area contributed by atoms with Gasteiger partial charge in [-0.1, -0.05) is 92.1 Å². The molecule has 3 aliphatic rings. The van der Waals surface area contributed by atoms with Gasteiger partial charge < -0.3 is 61.3 Å². The molecule has 3 fully saturated rings. The standard InChI is InChI=1S/C57H88N10O14/c1-12-34(7)46-55(78)67-28-18-17-22-40(67)51(74)61-45(32(3)4)54(77)64(10)41(25-27-44(70)71)57(80)81-48(35(8)13-2)52(75)60-37(30-36-20-15-14-16-21-36)53(76)66-29-19-23-39(66)49(72)59-31-43(69)65(11)47(33(5)6)56(79)63(9)38(50(73)62-46)24-26-42(58)68/h14-16,20-21,32-35,37-41,45-48H,12-13,17-19,22-31H2,1-11H3,(H2,58,68)(H,59,72)(H,60,75)(H,61,74)(H,62,73)(H,70,71). The summed E-state index contributed by atoms with van der Waals surface area (Å²) in [5.74, 6) is -12.2. The molecule has 4 rings (SSSR count). The summed E-state index contributed by atoms with van der Waals surface area (Å²) < 4.78 is 5.97. The van der Waals surface area contributed by atoms with Crippen LogP contribution in [-0.4, -0.2) is 196 Å². The van der Waals surface area contributed by atoms with Crippen molar-refractivity contribution in [2.24, 2.45) is 29.4 Å². The van der Waals surface area contributed by atoms with Crippen LogP contribution in [0.3, 0.4) is 0 Å². The first-order valence-electron chi connectivity index (χ1n) is 28.5. The van der Waals surface area contributed by atoms with Gasteiger partial charge in [0.15, 0.2) is 6.10 Å². The second-order valence-corrected chi connectivity index (χ2v) is 22.6. The van der Waals surface area contributed by atoms with E-state index < -0.39 is 169 Å². The molecule has 3 aliphatic heterocycles. The molecule has 0 radical (unpaired) electrons. The highest BCUT2D eigenvalue weighted by molar-refractivity contribution is 5.99. The number of nitrogens with two attached hydrogens (primary N) is 1. The van der Waals surface area contributed by atoms with E-state index in [0.29, 0.717) is 31.2 Å². The highest BCUT2D eigenvalue weighted by atomic mass is 16.6. The summed E-state index contributed by atoms with van der Waals surface area (Å²) in [6, 6.07) is -1.65. The van der Waals surface area contributed by atoms with Crippen molar-refractivity contribution >= 4 is 71.0 Å². The molecule has 11 unspecified atom stereocenters. The Morgan fingerprint density at radius 3 is 1.79 bits per heavy atom. The Bertz CT molecular complexity index is 2440. The third-order valence-corrected chi connectivity index (χ3v) is 16.1. The molecule has 1 aromatic rings. The molecule has 0 aliphatic carbocycles. The van der Waals surface area contributed by atoms with Gasteiger partial charge in [-0.15, -0.1) is 0 Å². The number of carboxylic acid groups (broad SMARTS) is 1. The second kappa shape index (κ2) is 30.6. The lowest BCUT2D eigenvalue weighted by molar-refractivity contribution is -0.167. The van der Waals surface area contributed by atoms with Crippen molar-refractivity contribution in [1.82, 2.24) is 45.8 Å². The highest BCUT2D eigenvalue weighted by Gasteiger charge is 2.45. The molecule has 0 spiro atoms. The largest absolute Gasteiger partial charge is 0.481 e. The smallest absolute Gasteiger partial charge is 0.329 e. The van der Waals surface area contributed by atoms with Crippen molar-refractivity contribution in [1.29, 1.82) is 0 Å². The molecule has 0 aromatic heterocycles. The number of carbonyl (C=O) groups excluding carboxylic acids is 11. The first-order valence-corrected chi connectivity index (χ1v) is 28.5. The average Bonchev–Trinajstić information content (AvgIpc) is 3.93. The Kier molecular flexibility index (Phi) is 25.1. The molecule has 10 amide bonds. The van der Waals surface area contributed by atoms with Gasteiger partial charge in [0.05, 0.1) is 6.54 Å². The quantitative estimate of drug-likeness (QED) is 0.142. The summed E-state index contributed by atoms with van der Waals surface area (Å²) in [7, 11) is 3.96. The molecular formula is C57H88N10O14. The molecule has 24 heteroatoms. The van der Waals surface area contributed by atoms with Gasteiger partial charge in [0.2, 0.25) is 53.2 Å². The van der Waals surface area contributed by atoms with Crippen LogP contribution < -0.4 is 27.0 Å². The molecule has 0 bridgehead atoms. The topological polar surface area (TPSA) is 325 Å². The van der Waals surface area contributed by atoms with Crippen LogP contribution in [-0.2, 0) is 68.7 Å². The number of hydrogen-bond donors (Lipinski definition) is 6. The van der Waals surface area contributed by atoms with Gasteiger partial charge in [0.1, 0.15) is 48.3 Å². The zero-order valence-corrected chi connectivity index (χ0v) is 49.1. The third kappa shape index (κ3) is 17.4. The third-order valence-electron chi connectivity index (χ3n) is 16.1. The van der Waals surface area contributed by atoms with Crippen LogP contribution in [0.15, 0.2) is 30.3 Å². The number of primary amides is 1. The number of aliphatic carboxylic acids is 1. The highest BCUT2D eigenvalue weighted by Crippen LogP contribution is 2.26. The van der Waals surface area contributed by atoms with E-state index >= 15 is 0 Å². The van der Waals surface area contributed by atoms with Crippen LogP contribution in [0.25, 0.3) is 0 Å². The predicted molar refractivity (Wildman–Crippen MR) is 296 cm³/mol. The van der Waals surface area contributed by atoms with Crippen molar-refractivity contribution in [2.75, 3.05) is 40.8 Å². The Hall–Kier alpha value is -7.14. The number of cyclic esters (lactones) is 1. The van der Waals surface area contributed by atoms with Crippen LogP contribution in [0.2, 0.25) is 0 Å². The summed E-state index contributed by atoms with van der Waals surface area (Å²) in [5, 5.41) is 20.8. The van der Waals surface area contributed by atoms with Crippen molar-refractivity contribution in [3.05, 3.63) is 35.9 Å². The maximum Gasteiger partial charge on any atom is 0.329 e. The number of piperidine rings is 1. The number of amides is 10. The minimum atomic E-state index is -1.60. The molecule has 7 N–H and O–H groups in total. The summed E-state index contributed by atoms with van der Waals surface area (Å²) >= 11 is 0. The lowest BCUT2D eigenvalue weighted by Crippen LogP contribution is -2.63. The number of carbonyl (C=O) groups is 12. The predicted octanol–water partition coefficient (Wildman–Crippen LogP) is 1.11. The van der Waals surface area contributed by atoms with Gasteiger partial charge in [-0.2, -0.15) is 0 Å². The first kappa shape index (κ1) is 66.4. The average molecular weight is 1140 g/mol. The van der Waals surface area contributed by atoms with E-state index in [1.54, 1.807) is 85.7 Å². The Labute approximate surface area is 475 Å². The molecule has 3 saturated heterocycles. The fourth-order valence-corrected chi connectivity index (χ4v) is 10.7. The zero-order chi connectivity index (χ0) is 60.6. The van der Waals surface area contributed by atoms with Gasteiger partial charge in [-0.3, -0.25) is 52.7 Å². The Morgan fingerprint density at radius 1 is 0.630 bits per heavy atom. The minimum absolute atomic E-state index is 0.0587. The summed E-state index contributed by atoms with van der Waals surface area (Å²) in [5.41, 5.74) is 6.20. The van der Waals surface area contributed by atoms with Crippen LogP contribution in [0.5, 0.6) is 0 Å². The van der Waals surface area contributed by atoms with E-state index in [4.69, 9.17) is 10.5 Å².